The molecule has 0 saturated heterocycles. The summed E-state index contributed by atoms with van der Waals surface area (Å²) in [6.45, 7) is 6.45. The average Bonchev–Trinajstić information content (AvgIpc) is 3.33. The number of esters is 3. The van der Waals surface area contributed by atoms with Gasteiger partial charge < -0.3 is 14.2 Å². The molecule has 0 aromatic carbocycles. The van der Waals surface area contributed by atoms with Gasteiger partial charge in [0.15, 0.2) is 6.10 Å². The monoisotopic (exact) mass is 935 g/mol. The molecule has 0 radical (unpaired) electrons. The molecule has 6 nitrogen and oxygen atoms in total. The molecule has 0 fully saturated rings. The molecular formula is C61H106O6. The van der Waals surface area contributed by atoms with Crippen LogP contribution >= 0.6 is 0 Å². The summed E-state index contributed by atoms with van der Waals surface area (Å²) in [5.74, 6) is -0.960. The molecule has 0 spiro atoms. The minimum atomic E-state index is -0.806. The molecule has 1 atom stereocenters. The molecule has 0 aliphatic heterocycles. The number of carbonyl (C=O) groups excluding carboxylic acids is 3. The normalized spacial score (nSPS) is 12.6. The molecule has 0 aliphatic rings. The van der Waals surface area contributed by atoms with E-state index in [2.05, 4.69) is 93.7 Å². The summed E-state index contributed by atoms with van der Waals surface area (Å²) >= 11 is 0. The van der Waals surface area contributed by atoms with Crippen LogP contribution in [0.5, 0.6) is 0 Å². The maximum Gasteiger partial charge on any atom is 0.306 e. The number of hydrogen-bond donors (Lipinski definition) is 0. The lowest BCUT2D eigenvalue weighted by Crippen LogP contribution is -2.30. The van der Waals surface area contributed by atoms with Crippen molar-refractivity contribution in [3.8, 4) is 0 Å². The smallest absolute Gasteiger partial charge is 0.306 e. The van der Waals surface area contributed by atoms with Crippen LogP contribution in [-0.4, -0.2) is 37.2 Å². The fraction of sp³-hybridized carbons (Fsp3) is 0.754. The quantitative estimate of drug-likeness (QED) is 0.0262. The fourth-order valence-electron chi connectivity index (χ4n) is 7.93. The first kappa shape index (κ1) is 63.8. The molecule has 386 valence electrons. The van der Waals surface area contributed by atoms with Crippen LogP contribution in [0.2, 0.25) is 0 Å². The van der Waals surface area contributed by atoms with Gasteiger partial charge in [0.2, 0.25) is 0 Å². The van der Waals surface area contributed by atoms with Gasteiger partial charge >= 0.3 is 17.9 Å². The molecule has 0 aliphatic carbocycles. The highest BCUT2D eigenvalue weighted by Crippen LogP contribution is 2.16. The highest BCUT2D eigenvalue weighted by molar-refractivity contribution is 5.71. The summed E-state index contributed by atoms with van der Waals surface area (Å²) < 4.78 is 16.8. The Labute approximate surface area is 414 Å². The molecule has 0 saturated carbocycles. The van der Waals surface area contributed by atoms with Gasteiger partial charge in [0.05, 0.1) is 0 Å². The average molecular weight is 936 g/mol. The highest BCUT2D eigenvalue weighted by Gasteiger charge is 2.19. The number of carbonyl (C=O) groups is 3. The van der Waals surface area contributed by atoms with Crippen molar-refractivity contribution in [3.05, 3.63) is 72.9 Å². The predicted molar refractivity (Wildman–Crippen MR) is 288 cm³/mol. The van der Waals surface area contributed by atoms with Crippen LogP contribution in [0.15, 0.2) is 72.9 Å². The Morgan fingerprint density at radius 2 is 0.612 bits per heavy atom. The number of unbranched alkanes of at least 4 members (excludes halogenated alkanes) is 28. The second-order valence-corrected chi connectivity index (χ2v) is 18.8. The first-order valence-corrected chi connectivity index (χ1v) is 28.4. The van der Waals surface area contributed by atoms with E-state index in [1.54, 1.807) is 0 Å². The molecular weight excluding hydrogens is 829 g/mol. The molecule has 0 aromatic rings. The van der Waals surface area contributed by atoms with Crippen LogP contribution in [0, 0.1) is 0 Å². The van der Waals surface area contributed by atoms with E-state index in [4.69, 9.17) is 14.2 Å². The van der Waals surface area contributed by atoms with Crippen molar-refractivity contribution in [3.63, 3.8) is 0 Å². The van der Waals surface area contributed by atoms with E-state index >= 15 is 0 Å². The number of rotatable bonds is 51. The van der Waals surface area contributed by atoms with Crippen LogP contribution in [0.1, 0.15) is 278 Å². The van der Waals surface area contributed by atoms with Gasteiger partial charge in [-0.3, -0.25) is 14.4 Å². The second-order valence-electron chi connectivity index (χ2n) is 18.8. The Balaban J connectivity index is 4.36. The molecule has 0 bridgehead atoms. The molecule has 6 heteroatoms. The zero-order valence-electron chi connectivity index (χ0n) is 44.2. The second kappa shape index (κ2) is 55.4. The third-order valence-electron chi connectivity index (χ3n) is 12.2. The van der Waals surface area contributed by atoms with Crippen molar-refractivity contribution in [2.45, 2.75) is 284 Å². The number of hydrogen-bond acceptors (Lipinski definition) is 6. The molecule has 0 amide bonds. The Morgan fingerprint density at radius 3 is 1.01 bits per heavy atom. The van der Waals surface area contributed by atoms with Crippen LogP contribution in [0.25, 0.3) is 0 Å². The fourth-order valence-corrected chi connectivity index (χ4v) is 7.93. The van der Waals surface area contributed by atoms with Crippen LogP contribution < -0.4 is 0 Å². The van der Waals surface area contributed by atoms with Gasteiger partial charge in [0.25, 0.3) is 0 Å². The molecule has 67 heavy (non-hydrogen) atoms. The molecule has 0 N–H and O–H groups in total. The van der Waals surface area contributed by atoms with Crippen LogP contribution in [0.4, 0.5) is 0 Å². The third-order valence-corrected chi connectivity index (χ3v) is 12.2. The summed E-state index contributed by atoms with van der Waals surface area (Å²) in [6.07, 6.45) is 70.5. The maximum atomic E-state index is 12.8. The van der Waals surface area contributed by atoms with Gasteiger partial charge in [-0.05, 0) is 77.0 Å². The van der Waals surface area contributed by atoms with E-state index in [9.17, 15) is 14.4 Å². The molecule has 0 heterocycles. The van der Waals surface area contributed by atoms with Gasteiger partial charge in [0.1, 0.15) is 13.2 Å². The zero-order chi connectivity index (χ0) is 48.6. The van der Waals surface area contributed by atoms with Gasteiger partial charge in [-0.15, -0.1) is 0 Å². The van der Waals surface area contributed by atoms with Gasteiger partial charge in [-0.1, -0.05) is 254 Å². The standard InChI is InChI=1S/C61H106O6/c1-4-7-10-13-16-19-22-24-26-28-29-30-31-33-34-36-39-42-45-48-51-54-60(63)66-57-58(56-65-59(62)53-50-47-44-41-38-21-18-15-12-9-6-3)67-61(64)55-52-49-46-43-40-37-35-32-27-25-23-20-17-14-11-8-5-2/h8,11,15,17-18,20,25,27,35,37,43,46,58H,4-7,9-10,12-14,16,19,21-24,26,28-34,36,38-42,44-45,47-57H2,1-3H3/b11-8-,18-15-,20-17-,27-25-,37-35-,46-43-/t58-/m1/s1. The zero-order valence-corrected chi connectivity index (χ0v) is 44.2. The SMILES string of the molecule is CC/C=C\C/C=C\C/C=C\C/C=C\C/C=C\CCCC(=O)O[C@H](COC(=O)CCCCCCC/C=C\CCCC)COC(=O)CCCCCCCCCCCCCCCCCCCCCCC. The first-order valence-electron chi connectivity index (χ1n) is 28.4. The maximum absolute atomic E-state index is 12.8. The predicted octanol–water partition coefficient (Wildman–Crippen LogP) is 19.0. The molecule has 0 rings (SSSR count). The first-order chi connectivity index (χ1) is 33.0. The number of ether oxygens (including phenoxy) is 3. The summed E-state index contributed by atoms with van der Waals surface area (Å²) in [7, 11) is 0. The summed E-state index contributed by atoms with van der Waals surface area (Å²) in [5.41, 5.74) is 0. The lowest BCUT2D eigenvalue weighted by molar-refractivity contribution is -0.167. The van der Waals surface area contributed by atoms with Crippen LogP contribution in [-0.2, 0) is 28.6 Å². The largest absolute Gasteiger partial charge is 0.462 e. The van der Waals surface area contributed by atoms with E-state index in [-0.39, 0.29) is 37.5 Å². The van der Waals surface area contributed by atoms with Gasteiger partial charge in [-0.2, -0.15) is 0 Å². The minimum absolute atomic E-state index is 0.0984. The van der Waals surface area contributed by atoms with E-state index in [1.165, 1.54) is 141 Å². The summed E-state index contributed by atoms with van der Waals surface area (Å²) in [5, 5.41) is 0. The van der Waals surface area contributed by atoms with Crippen molar-refractivity contribution >= 4 is 17.9 Å². The Morgan fingerprint density at radius 1 is 0.313 bits per heavy atom. The van der Waals surface area contributed by atoms with Gasteiger partial charge in [0, 0.05) is 19.3 Å². The van der Waals surface area contributed by atoms with Crippen molar-refractivity contribution in [2.24, 2.45) is 0 Å². The third kappa shape index (κ3) is 53.7. The van der Waals surface area contributed by atoms with Crippen molar-refractivity contribution in [1.82, 2.24) is 0 Å². The summed E-state index contributed by atoms with van der Waals surface area (Å²) in [6, 6.07) is 0. The van der Waals surface area contributed by atoms with Gasteiger partial charge in [-0.25, -0.2) is 0 Å². The van der Waals surface area contributed by atoms with Crippen molar-refractivity contribution in [1.29, 1.82) is 0 Å². The minimum Gasteiger partial charge on any atom is -0.462 e. The van der Waals surface area contributed by atoms with Crippen molar-refractivity contribution in [2.75, 3.05) is 13.2 Å². The Bertz CT molecular complexity index is 1260. The van der Waals surface area contributed by atoms with E-state index in [0.29, 0.717) is 19.3 Å². The van der Waals surface area contributed by atoms with E-state index in [0.717, 1.165) is 89.9 Å². The molecule has 0 unspecified atom stereocenters. The lowest BCUT2D eigenvalue weighted by Gasteiger charge is -2.18. The topological polar surface area (TPSA) is 78.9 Å². The van der Waals surface area contributed by atoms with E-state index in [1.807, 2.05) is 0 Å². The lowest BCUT2D eigenvalue weighted by atomic mass is 10.0. The Hall–Kier alpha value is -3.15. The number of allylic oxidation sites excluding steroid dienone is 12. The Kier molecular flexibility index (Phi) is 52.8. The highest BCUT2D eigenvalue weighted by atomic mass is 16.6. The van der Waals surface area contributed by atoms with E-state index < -0.39 is 6.10 Å². The van der Waals surface area contributed by atoms with Crippen LogP contribution in [0.3, 0.4) is 0 Å². The summed E-state index contributed by atoms with van der Waals surface area (Å²) in [4.78, 5) is 38.0. The molecule has 0 aromatic heterocycles. The van der Waals surface area contributed by atoms with Crippen molar-refractivity contribution < 1.29 is 28.6 Å².